The molecular weight excluding hydrogens is 999 g/mol. The molecule has 1 unspecified atom stereocenters. The van der Waals surface area contributed by atoms with Crippen molar-refractivity contribution in [2.24, 2.45) is 0 Å². The van der Waals surface area contributed by atoms with E-state index in [0.717, 1.165) is 0 Å². The molecule has 3 heterocycles. The molecule has 0 radical (unpaired) electrons. The molecular formula is C75H51N5Si. The Balaban J connectivity index is 1.26. The summed E-state index contributed by atoms with van der Waals surface area (Å²) in [5.74, 6) is -4.39. The van der Waals surface area contributed by atoms with E-state index in [1.807, 2.05) is 0 Å². The summed E-state index contributed by atoms with van der Waals surface area (Å²) in [6, 6.07) is -69.2. The second kappa shape index (κ2) is 20.0. The molecule has 5 nitrogen and oxygen atoms in total. The highest BCUT2D eigenvalue weighted by Crippen LogP contribution is 2.38. The summed E-state index contributed by atoms with van der Waals surface area (Å²) in [5.41, 5.74) is -15.5. The quantitative estimate of drug-likeness (QED) is 0.0958. The first-order chi connectivity index (χ1) is 61.4. The Morgan fingerprint density at radius 1 is 0.272 bits per heavy atom. The number of aromatic nitrogens is 5. The Bertz CT molecular complexity index is 7680. The van der Waals surface area contributed by atoms with E-state index in [2.05, 4.69) is 15.0 Å². The maximum Gasteiger partial charge on any atom is 0.238 e. The van der Waals surface area contributed by atoms with E-state index in [1.165, 1.54) is 0 Å². The molecule has 15 rings (SSSR count). The van der Waals surface area contributed by atoms with E-state index in [9.17, 15) is 43.9 Å². The lowest BCUT2D eigenvalue weighted by Crippen LogP contribution is -2.75. The molecule has 3 aromatic heterocycles. The normalized spacial score (nSPS) is 21.1. The van der Waals surface area contributed by atoms with E-state index >= 15 is 0 Å². The second-order valence-corrected chi connectivity index (χ2v) is 20.3. The van der Waals surface area contributed by atoms with Crippen molar-refractivity contribution in [3.8, 4) is 67.8 Å². The predicted molar refractivity (Wildman–Crippen MR) is 339 cm³/mol. The van der Waals surface area contributed by atoms with E-state index in [-0.39, 0.29) is 0 Å². The van der Waals surface area contributed by atoms with Crippen molar-refractivity contribution in [1.29, 1.82) is 0 Å². The fourth-order valence-corrected chi connectivity index (χ4v) is 13.0. The van der Waals surface area contributed by atoms with Gasteiger partial charge in [-0.1, -0.05) is 272 Å². The Labute approximate surface area is 542 Å². The van der Waals surface area contributed by atoms with Crippen molar-refractivity contribution in [1.82, 2.24) is 24.1 Å². The highest BCUT2D eigenvalue weighted by Gasteiger charge is 2.43. The number of nitrogens with zero attached hydrogens (tertiary/aromatic N) is 5. The summed E-state index contributed by atoms with van der Waals surface area (Å²) < 4.78 is 486. The van der Waals surface area contributed by atoms with Gasteiger partial charge in [0.05, 0.1) is 97.7 Å². The van der Waals surface area contributed by atoms with Gasteiger partial charge in [-0.25, -0.2) is 4.98 Å². The molecule has 6 heteroatoms. The average molecular weight is 1100 g/mol. The molecule has 0 bridgehead atoms. The van der Waals surface area contributed by atoms with Gasteiger partial charge in [0.15, 0.2) is 19.7 Å². The van der Waals surface area contributed by atoms with E-state index < -0.39 is 448 Å². The fourth-order valence-electron chi connectivity index (χ4n) is 9.14. The number of rotatable bonds is 11. The lowest BCUT2D eigenvalue weighted by Gasteiger charge is -2.36. The number of para-hydroxylation sites is 5. The van der Waals surface area contributed by atoms with Crippen LogP contribution in [0, 0.1) is 0 Å². The van der Waals surface area contributed by atoms with Gasteiger partial charge in [0, 0.05) is 32.7 Å². The smallest absolute Gasteiger partial charge is 0.238 e. The lowest BCUT2D eigenvalue weighted by molar-refractivity contribution is 0.952. The van der Waals surface area contributed by atoms with Gasteiger partial charge < -0.3 is 4.57 Å². The minimum Gasteiger partial charge on any atom is -0.309 e. The van der Waals surface area contributed by atoms with Crippen molar-refractivity contribution in [2.75, 3.05) is 0 Å². The minimum absolute atomic E-state index is 0.461. The zero-order valence-corrected chi connectivity index (χ0v) is 41.2. The number of hydrogen-bond donors (Lipinski definition) is 0. The molecule has 81 heavy (non-hydrogen) atoms. The summed E-state index contributed by atoms with van der Waals surface area (Å²) in [7, 11) is -7.60. The van der Waals surface area contributed by atoms with Gasteiger partial charge in [-0.2, -0.15) is 9.97 Å². The molecule has 0 spiro atoms. The third-order valence-electron chi connectivity index (χ3n) is 12.5. The molecule has 0 saturated heterocycles. The molecule has 0 amide bonds. The molecule has 0 saturated carbocycles. The van der Waals surface area contributed by atoms with Crippen molar-refractivity contribution in [3.05, 3.63) is 308 Å². The average Bonchev–Trinajstić information content (AvgIpc) is 0.824. The van der Waals surface area contributed by atoms with Crippen LogP contribution in [0.5, 0.6) is 0 Å². The minimum atomic E-state index is -7.60. The first kappa shape index (κ1) is 18.5. The van der Waals surface area contributed by atoms with Crippen LogP contribution in [0.3, 0.4) is 0 Å². The fraction of sp³-hybridized carbons (Fsp3) is 0. The lowest BCUT2D eigenvalue weighted by atomic mass is 10.0. The Kier molecular flexibility index (Phi) is 4.58. The Hall–Kier alpha value is -10.5. The third kappa shape index (κ3) is 8.11. The van der Waals surface area contributed by atoms with Crippen molar-refractivity contribution in [3.63, 3.8) is 0 Å². The van der Waals surface area contributed by atoms with Crippen LogP contribution in [0.1, 0.15) is 69.9 Å². The summed E-state index contributed by atoms with van der Waals surface area (Å²) in [4.78, 5) is 13.8. The van der Waals surface area contributed by atoms with Crippen molar-refractivity contribution < 1.29 is 69.9 Å². The molecule has 380 valence electrons. The highest BCUT2D eigenvalue weighted by molar-refractivity contribution is 7.20. The maximum absolute atomic E-state index is 11.3. The van der Waals surface area contributed by atoms with E-state index in [4.69, 9.17) is 26.0 Å². The molecule has 0 N–H and O–H groups in total. The van der Waals surface area contributed by atoms with Gasteiger partial charge in [0.2, 0.25) is 5.95 Å². The van der Waals surface area contributed by atoms with Crippen LogP contribution >= 0.6 is 0 Å². The maximum atomic E-state index is 11.3. The van der Waals surface area contributed by atoms with Crippen LogP contribution < -0.4 is 20.7 Å². The Morgan fingerprint density at radius 2 is 0.667 bits per heavy atom. The summed E-state index contributed by atoms with van der Waals surface area (Å²) >= 11 is 0. The second-order valence-electron chi connectivity index (χ2n) is 16.8. The van der Waals surface area contributed by atoms with Crippen LogP contribution in [0.4, 0.5) is 0 Å². The molecule has 0 aliphatic heterocycles. The van der Waals surface area contributed by atoms with Crippen LogP contribution in [-0.4, -0.2) is 32.2 Å². The molecule has 0 aliphatic carbocycles. The highest BCUT2D eigenvalue weighted by atomic mass is 28.3. The Morgan fingerprint density at radius 3 is 1.25 bits per heavy atom. The van der Waals surface area contributed by atoms with Gasteiger partial charge in [0.25, 0.3) is 0 Å². The molecule has 12 aromatic carbocycles. The summed E-state index contributed by atoms with van der Waals surface area (Å²) in [5, 5.41) is -9.84. The van der Waals surface area contributed by atoms with Crippen molar-refractivity contribution in [2.45, 2.75) is 0 Å². The zero-order valence-electron chi connectivity index (χ0n) is 91.2. The van der Waals surface area contributed by atoms with Gasteiger partial charge in [-0.15, -0.1) is 0 Å². The van der Waals surface area contributed by atoms with Crippen LogP contribution in [0.25, 0.3) is 111 Å². The molecule has 15 aromatic rings. The summed E-state index contributed by atoms with van der Waals surface area (Å²) in [6.45, 7) is 0. The topological polar surface area (TPSA) is 48.5 Å². The molecule has 0 fully saturated rings. The number of benzene rings is 12. The number of hydrogen-bond acceptors (Lipinski definition) is 3. The van der Waals surface area contributed by atoms with Crippen LogP contribution in [0.2, 0.25) is 0 Å². The largest absolute Gasteiger partial charge is 0.309 e. The van der Waals surface area contributed by atoms with Gasteiger partial charge >= 0.3 is 0 Å². The predicted octanol–water partition coefficient (Wildman–Crippen LogP) is 15.8. The first-order valence-electron chi connectivity index (χ1n) is 48.9. The molecule has 0 aliphatic rings. The third-order valence-corrected chi connectivity index (χ3v) is 16.7. The monoisotopic (exact) mass is 1100 g/mol. The SMILES string of the molecule is [2H]c1c([2H])c([2H])c(-c2c([2H])c([2H])c(-c3c([2H])c([2H])c([2H])c([2H])c3[Si](c3c([2H])c([2H])c([2H])c([2H])c3[2H])(c3c([2H])c([2H])c(-c4c([2H])c([2H])c([2H])c([2H])c4[2H])c([2H])c3[2H])c3c([2H])c([2H])c([2H])c(-c4nc(-c5c([2H])c([2H])c([2H])c([2H])c5-n5c6c([2H])c([2H])c([2H])c([2H])c6c6c([2H])c([2H])c([2H])c([2H])c65)nc(-n5c6c([2H])c([2H])c([2H])c([2H])c6c6c([2H])c([2H])c([2H])c([2H])c65)n4)c3[2H])c([2H])c2[2H])c([2H])c1[2H]. The molecule has 1 atom stereocenters. The zero-order chi connectivity index (χ0) is 98.1. The first-order valence-corrected chi connectivity index (χ1v) is 25.4. The van der Waals surface area contributed by atoms with Gasteiger partial charge in [0.1, 0.15) is 0 Å². The van der Waals surface area contributed by atoms with E-state index in [0.29, 0.717) is 9.13 Å². The van der Waals surface area contributed by atoms with Crippen molar-refractivity contribution >= 4 is 72.4 Å². The van der Waals surface area contributed by atoms with Gasteiger partial charge in [-0.05, 0) is 90.4 Å². The summed E-state index contributed by atoms with van der Waals surface area (Å²) in [6.07, 6.45) is 0. The van der Waals surface area contributed by atoms with E-state index in [1.54, 1.807) is 0 Å². The standard InChI is InChI=1S/C75H51N5Si/c1-4-23-52(24-5-1)54-43-45-56(46-44-54)61-31-15-21-42-72(61)81(58-28-8-3-9-29-58,59-49-47-55(48-50-59)53-25-6-2-7-26-53)60-30-22-27-57(51-60)73-76-74(78-75(77-73)80-69-39-18-12-34-64(69)65-35-13-19-40-70(65)80)66-36-14-20-41-71(66)79-67-37-16-10-32-62(67)63-33-11-17-38-68(63)79/h1-51H/i1D,2D,3D,4D,5D,6D,7D,8D,9D,10D,11D,12D,13D,14D,15D,16D,17D,18D,19D,20D,21D,22D,23D,24D,25D,26D,27D,28D,29D,30D,31D,32D,33D,34D,35D,36D,37D,38D,39D,40D,41D,42D,43D,44D,45D,46D,47D,48D,49D,50D,51D. The van der Waals surface area contributed by atoms with Crippen LogP contribution in [-0.2, 0) is 0 Å². The van der Waals surface area contributed by atoms with Crippen LogP contribution in [0.15, 0.2) is 308 Å². The van der Waals surface area contributed by atoms with Gasteiger partial charge in [-0.3, -0.25) is 4.57 Å². The number of fused-ring (bicyclic) bond motifs is 6.